The van der Waals surface area contributed by atoms with Crippen molar-refractivity contribution >= 4 is 11.3 Å². The molecule has 0 unspecified atom stereocenters. The van der Waals surface area contributed by atoms with Gasteiger partial charge in [-0.2, -0.15) is 0 Å². The van der Waals surface area contributed by atoms with Gasteiger partial charge >= 0.3 is 0 Å². The van der Waals surface area contributed by atoms with E-state index in [1.165, 1.54) is 11.3 Å². The molecule has 3 nitrogen and oxygen atoms in total. The zero-order valence-electron chi connectivity index (χ0n) is 6.45. The Hall–Kier alpha value is -0.450. The number of aliphatic hydroxyl groups excluding tert-OH is 1. The summed E-state index contributed by atoms with van der Waals surface area (Å²) >= 11 is 1.48. The van der Waals surface area contributed by atoms with Crippen molar-refractivity contribution in [1.82, 2.24) is 4.98 Å². The fourth-order valence-corrected chi connectivity index (χ4v) is 1.62. The molecule has 1 rings (SSSR count). The average Bonchev–Trinajstić information content (AvgIpc) is 2.36. The third-order valence-electron chi connectivity index (χ3n) is 1.36. The summed E-state index contributed by atoms with van der Waals surface area (Å²) in [5.74, 6) is 0. The number of aryl methyl sites for hydroxylation is 1. The summed E-state index contributed by atoms with van der Waals surface area (Å²) in [6.07, 6.45) is 0.117. The highest BCUT2D eigenvalue weighted by Gasteiger charge is 2.09. The van der Waals surface area contributed by atoms with Crippen molar-refractivity contribution in [1.29, 1.82) is 0 Å². The van der Waals surface area contributed by atoms with Crippen molar-refractivity contribution in [2.75, 3.05) is 6.54 Å². The zero-order valence-corrected chi connectivity index (χ0v) is 7.27. The lowest BCUT2D eigenvalue weighted by molar-refractivity contribution is 0.170. The van der Waals surface area contributed by atoms with E-state index in [1.807, 2.05) is 12.3 Å². The molecule has 0 radical (unpaired) electrons. The number of thiazole rings is 1. The largest absolute Gasteiger partial charge is 0.386 e. The monoisotopic (exact) mass is 172 g/mol. The second-order valence-corrected chi connectivity index (χ2v) is 3.31. The Labute approximate surface area is 69.9 Å². The summed E-state index contributed by atoms with van der Waals surface area (Å²) < 4.78 is 0. The molecule has 4 heteroatoms. The second-order valence-electron chi connectivity index (χ2n) is 2.42. The maximum Gasteiger partial charge on any atom is 0.122 e. The normalized spacial score (nSPS) is 13.4. The van der Waals surface area contributed by atoms with E-state index in [1.54, 1.807) is 0 Å². The van der Waals surface area contributed by atoms with Gasteiger partial charge in [-0.05, 0) is 19.9 Å². The van der Waals surface area contributed by atoms with Crippen molar-refractivity contribution in [2.24, 2.45) is 5.73 Å². The summed E-state index contributed by atoms with van der Waals surface area (Å²) in [5.41, 5.74) is 6.25. The van der Waals surface area contributed by atoms with Gasteiger partial charge in [0.2, 0.25) is 0 Å². The number of aromatic nitrogens is 1. The molecule has 0 aliphatic rings. The fourth-order valence-electron chi connectivity index (χ4n) is 0.807. The Bertz CT molecular complexity index is 224. The second kappa shape index (κ2) is 3.80. The lowest BCUT2D eigenvalue weighted by Crippen LogP contribution is -2.06. The van der Waals surface area contributed by atoms with Gasteiger partial charge < -0.3 is 10.8 Å². The Morgan fingerprint density at radius 2 is 2.55 bits per heavy atom. The van der Waals surface area contributed by atoms with Gasteiger partial charge in [0.25, 0.3) is 0 Å². The van der Waals surface area contributed by atoms with Crippen molar-refractivity contribution in [2.45, 2.75) is 19.4 Å². The van der Waals surface area contributed by atoms with Crippen molar-refractivity contribution in [3.05, 3.63) is 16.1 Å². The van der Waals surface area contributed by atoms with Gasteiger partial charge in [-0.25, -0.2) is 4.98 Å². The minimum absolute atomic E-state index is 0.473. The van der Waals surface area contributed by atoms with Crippen LogP contribution in [0.3, 0.4) is 0 Å². The molecule has 0 amide bonds. The highest BCUT2D eigenvalue weighted by Crippen LogP contribution is 2.19. The molecule has 1 aromatic rings. The number of hydrogen-bond acceptors (Lipinski definition) is 4. The maximum absolute atomic E-state index is 9.40. The minimum Gasteiger partial charge on any atom is -0.386 e. The molecular formula is C7H12N2OS. The fraction of sp³-hybridized carbons (Fsp3) is 0.571. The first-order valence-corrected chi connectivity index (χ1v) is 4.42. The molecule has 0 aliphatic carbocycles. The molecule has 1 atom stereocenters. The van der Waals surface area contributed by atoms with Crippen LogP contribution in [0.15, 0.2) is 5.38 Å². The van der Waals surface area contributed by atoms with Crippen LogP contribution >= 0.6 is 11.3 Å². The van der Waals surface area contributed by atoms with E-state index in [4.69, 9.17) is 5.73 Å². The van der Waals surface area contributed by atoms with E-state index in [0.29, 0.717) is 13.0 Å². The van der Waals surface area contributed by atoms with E-state index in [9.17, 15) is 5.11 Å². The predicted molar refractivity (Wildman–Crippen MR) is 45.5 cm³/mol. The average molecular weight is 172 g/mol. The van der Waals surface area contributed by atoms with Crippen molar-refractivity contribution in [3.63, 3.8) is 0 Å². The molecule has 0 fully saturated rings. The molecule has 1 heterocycles. The van der Waals surface area contributed by atoms with E-state index >= 15 is 0 Å². The van der Waals surface area contributed by atoms with Crippen LogP contribution in [0.1, 0.15) is 23.2 Å². The molecule has 0 spiro atoms. The molecule has 0 saturated carbocycles. The lowest BCUT2D eigenvalue weighted by atomic mass is 10.3. The first-order chi connectivity index (χ1) is 5.24. The highest BCUT2D eigenvalue weighted by molar-refractivity contribution is 7.09. The molecule has 0 saturated heterocycles. The smallest absolute Gasteiger partial charge is 0.122 e. The maximum atomic E-state index is 9.40. The first-order valence-electron chi connectivity index (χ1n) is 3.54. The van der Waals surface area contributed by atoms with Gasteiger partial charge in [-0.1, -0.05) is 0 Å². The number of hydrogen-bond donors (Lipinski definition) is 2. The molecule has 0 aromatic carbocycles. The highest BCUT2D eigenvalue weighted by atomic mass is 32.1. The summed E-state index contributed by atoms with van der Waals surface area (Å²) in [4.78, 5) is 4.14. The zero-order chi connectivity index (χ0) is 8.27. The van der Waals surface area contributed by atoms with E-state index < -0.39 is 6.10 Å². The summed E-state index contributed by atoms with van der Waals surface area (Å²) in [6, 6.07) is 0. The Morgan fingerprint density at radius 1 is 1.82 bits per heavy atom. The summed E-state index contributed by atoms with van der Waals surface area (Å²) in [6.45, 7) is 2.41. The van der Waals surface area contributed by atoms with E-state index in [-0.39, 0.29) is 0 Å². The molecule has 11 heavy (non-hydrogen) atoms. The number of nitrogens with zero attached hydrogens (tertiary/aromatic N) is 1. The summed E-state index contributed by atoms with van der Waals surface area (Å²) in [5, 5.41) is 12.1. The van der Waals surface area contributed by atoms with Crippen LogP contribution in [-0.4, -0.2) is 16.6 Å². The quantitative estimate of drug-likeness (QED) is 0.710. The van der Waals surface area contributed by atoms with Gasteiger partial charge in [0, 0.05) is 11.1 Å². The van der Waals surface area contributed by atoms with Crippen molar-refractivity contribution in [3.8, 4) is 0 Å². The van der Waals surface area contributed by atoms with Crippen LogP contribution in [-0.2, 0) is 0 Å². The molecule has 0 aliphatic heterocycles. The predicted octanol–water partition coefficient (Wildman–Crippen LogP) is 0.834. The number of rotatable bonds is 3. The van der Waals surface area contributed by atoms with Gasteiger partial charge in [-0.3, -0.25) is 0 Å². The molecule has 62 valence electrons. The summed E-state index contributed by atoms with van der Waals surface area (Å²) in [7, 11) is 0. The molecule has 1 aromatic heterocycles. The van der Waals surface area contributed by atoms with Gasteiger partial charge in [-0.15, -0.1) is 11.3 Å². The first kappa shape index (κ1) is 8.64. The van der Waals surface area contributed by atoms with Crippen LogP contribution in [0.2, 0.25) is 0 Å². The SMILES string of the molecule is Cc1csc([C@@H](O)CCN)n1. The van der Waals surface area contributed by atoms with Crippen LogP contribution in [0.5, 0.6) is 0 Å². The van der Waals surface area contributed by atoms with Gasteiger partial charge in [0.05, 0.1) is 0 Å². The van der Waals surface area contributed by atoms with Crippen molar-refractivity contribution < 1.29 is 5.11 Å². The van der Waals surface area contributed by atoms with E-state index in [2.05, 4.69) is 4.98 Å². The Kier molecular flexibility index (Phi) is 2.99. The lowest BCUT2D eigenvalue weighted by Gasteiger charge is -2.03. The number of nitrogens with two attached hydrogens (primary N) is 1. The third-order valence-corrected chi connectivity index (χ3v) is 2.43. The topological polar surface area (TPSA) is 59.1 Å². The minimum atomic E-state index is -0.473. The van der Waals surface area contributed by atoms with Crippen LogP contribution in [0.4, 0.5) is 0 Å². The number of aliphatic hydroxyl groups is 1. The van der Waals surface area contributed by atoms with Crippen LogP contribution < -0.4 is 5.73 Å². The van der Waals surface area contributed by atoms with E-state index in [0.717, 1.165) is 10.7 Å². The van der Waals surface area contributed by atoms with Gasteiger partial charge in [0.15, 0.2) is 0 Å². The third kappa shape index (κ3) is 2.25. The van der Waals surface area contributed by atoms with Crippen LogP contribution in [0, 0.1) is 6.92 Å². The standard InChI is InChI=1S/C7H12N2OS/c1-5-4-11-7(9-5)6(10)2-3-8/h4,6,10H,2-3,8H2,1H3/t6-/m0/s1. The molecule has 3 N–H and O–H groups in total. The molecule has 0 bridgehead atoms. The Morgan fingerprint density at radius 3 is 3.00 bits per heavy atom. The van der Waals surface area contributed by atoms with Gasteiger partial charge in [0.1, 0.15) is 11.1 Å². The Balaban J connectivity index is 2.60. The molecular weight excluding hydrogens is 160 g/mol. The van der Waals surface area contributed by atoms with Crippen LogP contribution in [0.25, 0.3) is 0 Å².